The van der Waals surface area contributed by atoms with Crippen molar-refractivity contribution in [3.63, 3.8) is 0 Å². The van der Waals surface area contributed by atoms with Crippen LogP contribution in [0.3, 0.4) is 0 Å². The normalized spacial score (nSPS) is 17.3. The van der Waals surface area contributed by atoms with Gasteiger partial charge in [-0.15, -0.1) is 0 Å². The predicted octanol–water partition coefficient (Wildman–Crippen LogP) is 4.15. The monoisotopic (exact) mass is 316 g/mol. The van der Waals surface area contributed by atoms with Gasteiger partial charge in [-0.1, -0.05) is 24.3 Å². The van der Waals surface area contributed by atoms with Crippen molar-refractivity contribution in [1.82, 2.24) is 9.97 Å². The minimum Gasteiger partial charge on any atom is -0.341 e. The fourth-order valence-corrected chi connectivity index (χ4v) is 3.02. The second-order valence-electron chi connectivity index (χ2n) is 4.86. The Bertz CT molecular complexity index is 755. The van der Waals surface area contributed by atoms with Gasteiger partial charge in [0.05, 0.1) is 15.5 Å². The maximum atomic E-state index is 13.5. The summed E-state index contributed by atoms with van der Waals surface area (Å²) in [6, 6.07) is 11.6. The van der Waals surface area contributed by atoms with Crippen molar-refractivity contribution in [2.75, 3.05) is 0 Å². The largest absolute Gasteiger partial charge is 0.341 e. The summed E-state index contributed by atoms with van der Waals surface area (Å²) in [5, 5.41) is 0. The predicted molar refractivity (Wildman–Crippen MR) is 75.7 cm³/mol. The molecule has 0 aliphatic heterocycles. The Hall–Kier alpha value is -1.68. The van der Waals surface area contributed by atoms with E-state index in [9.17, 15) is 4.39 Å². The highest BCUT2D eigenvalue weighted by molar-refractivity contribution is 9.10. The first-order valence-corrected chi connectivity index (χ1v) is 6.94. The zero-order chi connectivity index (χ0) is 13.0. The van der Waals surface area contributed by atoms with Crippen molar-refractivity contribution in [2.24, 2.45) is 0 Å². The highest BCUT2D eigenvalue weighted by Gasteiger charge is 2.29. The van der Waals surface area contributed by atoms with E-state index >= 15 is 0 Å². The summed E-state index contributed by atoms with van der Waals surface area (Å²) >= 11 is 3.19. The third-order valence-electron chi connectivity index (χ3n) is 3.73. The summed E-state index contributed by atoms with van der Waals surface area (Å²) in [7, 11) is 0. The van der Waals surface area contributed by atoms with Gasteiger partial charge >= 0.3 is 0 Å². The van der Waals surface area contributed by atoms with Gasteiger partial charge in [-0.05, 0) is 39.5 Å². The lowest BCUT2D eigenvalue weighted by Crippen LogP contribution is -2.18. The molecule has 1 N–H and O–H groups in total. The Morgan fingerprint density at radius 1 is 1.26 bits per heavy atom. The molecule has 0 saturated carbocycles. The zero-order valence-electron chi connectivity index (χ0n) is 9.95. The number of nitrogens with zero attached hydrogens (tertiary/aromatic N) is 1. The minimum atomic E-state index is -0.267. The molecule has 0 radical (unpaired) electrons. The van der Waals surface area contributed by atoms with Crippen molar-refractivity contribution in [2.45, 2.75) is 12.3 Å². The fraction of sp³-hybridized carbons (Fsp3) is 0.133. The third kappa shape index (κ3) is 1.63. The molecular formula is C15H10BrFN2. The molecule has 4 rings (SSSR count). The van der Waals surface area contributed by atoms with Crippen LogP contribution in [-0.4, -0.2) is 9.97 Å². The maximum absolute atomic E-state index is 13.5. The number of imidazole rings is 1. The number of benzene rings is 2. The molecule has 1 aliphatic rings. The van der Waals surface area contributed by atoms with E-state index in [-0.39, 0.29) is 5.82 Å². The molecule has 1 aliphatic carbocycles. The van der Waals surface area contributed by atoms with Gasteiger partial charge in [0, 0.05) is 12.0 Å². The molecule has 4 heteroatoms. The van der Waals surface area contributed by atoms with Gasteiger partial charge in [-0.2, -0.15) is 0 Å². The first kappa shape index (κ1) is 11.2. The lowest BCUT2D eigenvalue weighted by atomic mass is 9.77. The molecule has 0 spiro atoms. The molecule has 94 valence electrons. The van der Waals surface area contributed by atoms with Gasteiger partial charge in [0.2, 0.25) is 0 Å². The van der Waals surface area contributed by atoms with E-state index in [2.05, 4.69) is 44.1 Å². The van der Waals surface area contributed by atoms with E-state index in [0.29, 0.717) is 10.4 Å². The molecule has 0 amide bonds. The molecular weight excluding hydrogens is 307 g/mol. The maximum Gasteiger partial charge on any atom is 0.139 e. The highest BCUT2D eigenvalue weighted by atomic mass is 79.9. The van der Waals surface area contributed by atoms with E-state index in [1.54, 1.807) is 6.07 Å². The lowest BCUT2D eigenvalue weighted by Gasteiger charge is -2.28. The minimum absolute atomic E-state index is 0.267. The van der Waals surface area contributed by atoms with Crippen molar-refractivity contribution in [1.29, 1.82) is 0 Å². The Kier molecular flexibility index (Phi) is 2.30. The molecule has 1 unspecified atom stereocenters. The average molecular weight is 317 g/mol. The highest BCUT2D eigenvalue weighted by Crippen LogP contribution is 2.39. The van der Waals surface area contributed by atoms with Crippen molar-refractivity contribution in [3.05, 3.63) is 63.6 Å². The van der Waals surface area contributed by atoms with E-state index in [0.717, 1.165) is 23.3 Å². The summed E-state index contributed by atoms with van der Waals surface area (Å²) in [6.45, 7) is 0. The number of aromatic nitrogens is 2. The molecule has 0 fully saturated rings. The van der Waals surface area contributed by atoms with E-state index in [1.807, 2.05) is 6.07 Å². The molecule has 0 saturated heterocycles. The van der Waals surface area contributed by atoms with Crippen LogP contribution in [0.25, 0.3) is 11.0 Å². The molecule has 1 aromatic heterocycles. The van der Waals surface area contributed by atoms with Crippen LogP contribution < -0.4 is 0 Å². The lowest BCUT2D eigenvalue weighted by molar-refractivity contribution is 0.623. The fourth-order valence-electron chi connectivity index (χ4n) is 2.69. The van der Waals surface area contributed by atoms with Crippen LogP contribution in [0.2, 0.25) is 0 Å². The Morgan fingerprint density at radius 3 is 2.95 bits per heavy atom. The molecule has 1 atom stereocenters. The standard InChI is InChI=1S/C15H10BrFN2/c16-11-6-13-14(7-12(11)17)19-15(18-13)10-5-8-3-1-2-4-9(8)10/h1-4,6-7,10H,5H2,(H,18,19). The van der Waals surface area contributed by atoms with Gasteiger partial charge in [-0.25, -0.2) is 9.37 Å². The van der Waals surface area contributed by atoms with Gasteiger partial charge in [0.25, 0.3) is 0 Å². The summed E-state index contributed by atoms with van der Waals surface area (Å²) in [4.78, 5) is 7.82. The quantitative estimate of drug-likeness (QED) is 0.717. The number of hydrogen-bond acceptors (Lipinski definition) is 1. The summed E-state index contributed by atoms with van der Waals surface area (Å²) in [5.41, 5.74) is 4.24. The topological polar surface area (TPSA) is 28.7 Å². The molecule has 1 heterocycles. The summed E-state index contributed by atoms with van der Waals surface area (Å²) in [5.74, 6) is 0.966. The van der Waals surface area contributed by atoms with Crippen molar-refractivity contribution in [3.8, 4) is 0 Å². The summed E-state index contributed by atoms with van der Waals surface area (Å²) < 4.78 is 14.0. The smallest absolute Gasteiger partial charge is 0.139 e. The number of H-pyrrole nitrogens is 1. The van der Waals surface area contributed by atoms with Gasteiger partial charge in [-0.3, -0.25) is 0 Å². The molecule has 2 nitrogen and oxygen atoms in total. The van der Waals surface area contributed by atoms with Gasteiger partial charge in [0.1, 0.15) is 11.6 Å². The number of nitrogens with one attached hydrogen (secondary N) is 1. The van der Waals surface area contributed by atoms with Crippen LogP contribution >= 0.6 is 15.9 Å². The molecule has 3 aromatic rings. The van der Waals surface area contributed by atoms with Crippen LogP contribution in [0.5, 0.6) is 0 Å². The first-order chi connectivity index (χ1) is 9.22. The first-order valence-electron chi connectivity index (χ1n) is 6.15. The second-order valence-corrected chi connectivity index (χ2v) is 5.72. The van der Waals surface area contributed by atoms with E-state index < -0.39 is 0 Å². The third-order valence-corrected chi connectivity index (χ3v) is 4.33. The SMILES string of the molecule is Fc1cc2[nH]c(C3Cc4ccccc43)nc2cc1Br. The molecule has 19 heavy (non-hydrogen) atoms. The van der Waals surface area contributed by atoms with Gasteiger partial charge in [0.15, 0.2) is 0 Å². The van der Waals surface area contributed by atoms with Crippen LogP contribution in [0.1, 0.15) is 22.9 Å². The summed E-state index contributed by atoms with van der Waals surface area (Å²) in [6.07, 6.45) is 1.000. The second kappa shape index (κ2) is 3.90. The molecule has 0 bridgehead atoms. The number of rotatable bonds is 1. The van der Waals surface area contributed by atoms with Crippen LogP contribution in [0.15, 0.2) is 40.9 Å². The number of hydrogen-bond donors (Lipinski definition) is 1. The van der Waals surface area contributed by atoms with Gasteiger partial charge < -0.3 is 4.98 Å². The number of fused-ring (bicyclic) bond motifs is 2. The van der Waals surface area contributed by atoms with Crippen molar-refractivity contribution >= 4 is 27.0 Å². The Balaban J connectivity index is 1.82. The Labute approximate surface area is 117 Å². The van der Waals surface area contributed by atoms with Crippen LogP contribution in [0.4, 0.5) is 4.39 Å². The number of aromatic amines is 1. The zero-order valence-corrected chi connectivity index (χ0v) is 11.5. The van der Waals surface area contributed by atoms with E-state index in [4.69, 9.17) is 0 Å². The Morgan fingerprint density at radius 2 is 2.11 bits per heavy atom. The molecule has 2 aromatic carbocycles. The van der Waals surface area contributed by atoms with Crippen molar-refractivity contribution < 1.29 is 4.39 Å². The van der Waals surface area contributed by atoms with Crippen LogP contribution in [-0.2, 0) is 6.42 Å². The van der Waals surface area contributed by atoms with Crippen LogP contribution in [0, 0.1) is 5.82 Å². The van der Waals surface area contributed by atoms with E-state index in [1.165, 1.54) is 17.2 Å². The average Bonchev–Trinajstić information content (AvgIpc) is 2.74. The number of halogens is 2.